The minimum Gasteiger partial charge on any atom is -0.370 e. The third-order valence-electron chi connectivity index (χ3n) is 1.33. The van der Waals surface area contributed by atoms with Crippen LogP contribution in [-0.2, 0) is 0 Å². The van der Waals surface area contributed by atoms with Crippen LogP contribution in [0.1, 0.15) is 0 Å². The fraction of sp³-hybridized carbons (Fsp3) is 0.143. The van der Waals surface area contributed by atoms with Crippen LogP contribution in [0.4, 0.5) is 5.69 Å². The molecule has 0 amide bonds. The second kappa shape index (κ2) is 4.52. The molecule has 5 heteroatoms. The molecule has 0 radical (unpaired) electrons. The molecule has 0 atom stereocenters. The number of hydrogen-bond donors (Lipinski definition) is 3. The lowest BCUT2D eigenvalue weighted by atomic mass is 10.3. The fourth-order valence-electron chi connectivity index (χ4n) is 0.787. The van der Waals surface area contributed by atoms with E-state index in [2.05, 4.69) is 10.7 Å². The third kappa shape index (κ3) is 2.25. The van der Waals surface area contributed by atoms with E-state index in [0.717, 1.165) is 5.69 Å². The maximum Gasteiger partial charge on any atom is 0.0823 e. The first-order valence-corrected chi connectivity index (χ1v) is 4.12. The van der Waals surface area contributed by atoms with Crippen LogP contribution in [0.3, 0.4) is 0 Å². The molecule has 0 aromatic heterocycles. The summed E-state index contributed by atoms with van der Waals surface area (Å²) in [6.07, 6.45) is 0. The Morgan fingerprint density at radius 1 is 1.33 bits per heavy atom. The first-order valence-electron chi connectivity index (χ1n) is 3.37. The van der Waals surface area contributed by atoms with Crippen molar-refractivity contribution in [1.82, 2.24) is 5.43 Å². The summed E-state index contributed by atoms with van der Waals surface area (Å²) in [7, 11) is 0. The zero-order valence-corrected chi connectivity index (χ0v) is 7.78. The summed E-state index contributed by atoms with van der Waals surface area (Å²) in [6, 6.07) is 5.36. The summed E-state index contributed by atoms with van der Waals surface area (Å²) in [5, 5.41) is 3.99. The quantitative estimate of drug-likeness (QED) is 0.401. The lowest BCUT2D eigenvalue weighted by molar-refractivity contribution is 0.790. The van der Waals surface area contributed by atoms with Crippen LogP contribution < -0.4 is 16.6 Å². The summed E-state index contributed by atoms with van der Waals surface area (Å²) in [5.41, 5.74) is 3.22. The van der Waals surface area contributed by atoms with Gasteiger partial charge in [0, 0.05) is 0 Å². The first-order chi connectivity index (χ1) is 5.75. The molecule has 1 aromatic carbocycles. The molecule has 0 fully saturated rings. The minimum absolute atomic E-state index is 0.445. The molecule has 0 spiro atoms. The molecule has 12 heavy (non-hydrogen) atoms. The van der Waals surface area contributed by atoms with Crippen molar-refractivity contribution in [2.24, 2.45) is 5.84 Å². The highest BCUT2D eigenvalue weighted by molar-refractivity contribution is 6.43. The van der Waals surface area contributed by atoms with Crippen molar-refractivity contribution in [3.63, 3.8) is 0 Å². The molecule has 66 valence electrons. The van der Waals surface area contributed by atoms with Gasteiger partial charge >= 0.3 is 0 Å². The van der Waals surface area contributed by atoms with Gasteiger partial charge in [-0.3, -0.25) is 5.84 Å². The van der Waals surface area contributed by atoms with E-state index in [-0.39, 0.29) is 0 Å². The molecule has 0 aliphatic carbocycles. The van der Waals surface area contributed by atoms with Gasteiger partial charge in [0.15, 0.2) is 0 Å². The monoisotopic (exact) mass is 205 g/mol. The van der Waals surface area contributed by atoms with Crippen LogP contribution in [-0.4, -0.2) is 6.67 Å². The van der Waals surface area contributed by atoms with E-state index in [1.54, 1.807) is 6.07 Å². The molecule has 4 N–H and O–H groups in total. The predicted molar refractivity (Wildman–Crippen MR) is 52.3 cm³/mol. The maximum atomic E-state index is 5.87. The second-order valence-electron chi connectivity index (χ2n) is 2.16. The molecule has 0 bridgehead atoms. The van der Waals surface area contributed by atoms with Crippen LogP contribution in [0.2, 0.25) is 10.0 Å². The van der Waals surface area contributed by atoms with Crippen LogP contribution in [0.25, 0.3) is 0 Å². The maximum absolute atomic E-state index is 5.87. The average Bonchev–Trinajstić information content (AvgIpc) is 2.08. The molecule has 0 saturated heterocycles. The molecule has 0 aliphatic heterocycles. The van der Waals surface area contributed by atoms with Crippen LogP contribution in [0.5, 0.6) is 0 Å². The Morgan fingerprint density at radius 2 is 2.08 bits per heavy atom. The summed E-state index contributed by atoms with van der Waals surface area (Å²) >= 11 is 11.6. The molecule has 1 rings (SSSR count). The number of nitrogens with one attached hydrogen (secondary N) is 2. The Morgan fingerprint density at radius 3 is 2.75 bits per heavy atom. The van der Waals surface area contributed by atoms with Crippen LogP contribution in [0, 0.1) is 0 Å². The molecule has 0 heterocycles. The number of hydrazine groups is 1. The van der Waals surface area contributed by atoms with Crippen molar-refractivity contribution in [2.45, 2.75) is 0 Å². The number of rotatable bonds is 3. The van der Waals surface area contributed by atoms with Gasteiger partial charge in [0.2, 0.25) is 0 Å². The van der Waals surface area contributed by atoms with Crippen molar-refractivity contribution in [3.05, 3.63) is 28.2 Å². The van der Waals surface area contributed by atoms with Gasteiger partial charge in [-0.2, -0.15) is 0 Å². The SMILES string of the molecule is NNCNc1cccc(Cl)c1Cl. The van der Waals surface area contributed by atoms with Crippen molar-refractivity contribution in [2.75, 3.05) is 12.0 Å². The standard InChI is InChI=1S/C7H9Cl2N3/c8-5-2-1-3-6(7(5)9)11-4-12-10/h1-3,11-12H,4,10H2. The topological polar surface area (TPSA) is 50.1 Å². The highest BCUT2D eigenvalue weighted by atomic mass is 35.5. The highest BCUT2D eigenvalue weighted by Crippen LogP contribution is 2.28. The van der Waals surface area contributed by atoms with Crippen molar-refractivity contribution < 1.29 is 0 Å². The molecular formula is C7H9Cl2N3. The Labute approximate surface area is 80.8 Å². The van der Waals surface area contributed by atoms with Crippen molar-refractivity contribution in [1.29, 1.82) is 0 Å². The molecule has 0 aliphatic rings. The lowest BCUT2D eigenvalue weighted by Gasteiger charge is -2.07. The number of hydrogen-bond acceptors (Lipinski definition) is 3. The number of anilines is 1. The average molecular weight is 206 g/mol. The van der Waals surface area contributed by atoms with Crippen LogP contribution >= 0.6 is 23.2 Å². The highest BCUT2D eigenvalue weighted by Gasteiger charge is 2.01. The molecule has 0 saturated carbocycles. The van der Waals surface area contributed by atoms with E-state index in [9.17, 15) is 0 Å². The number of halogens is 2. The number of nitrogens with two attached hydrogens (primary N) is 1. The summed E-state index contributed by atoms with van der Waals surface area (Å²) in [5.74, 6) is 5.08. The van der Waals surface area contributed by atoms with Gasteiger partial charge in [0.25, 0.3) is 0 Å². The van der Waals surface area contributed by atoms with Crippen molar-refractivity contribution >= 4 is 28.9 Å². The normalized spacial score (nSPS) is 9.92. The first kappa shape index (κ1) is 9.61. The summed E-state index contributed by atoms with van der Waals surface area (Å²) in [4.78, 5) is 0. The molecule has 0 unspecified atom stereocenters. The van der Waals surface area contributed by atoms with Gasteiger partial charge in [0.05, 0.1) is 22.4 Å². The van der Waals surface area contributed by atoms with E-state index in [4.69, 9.17) is 29.0 Å². The third-order valence-corrected chi connectivity index (χ3v) is 2.15. The lowest BCUT2D eigenvalue weighted by Crippen LogP contribution is -2.28. The van der Waals surface area contributed by atoms with Crippen LogP contribution in [0.15, 0.2) is 18.2 Å². The second-order valence-corrected chi connectivity index (χ2v) is 2.94. The zero-order valence-electron chi connectivity index (χ0n) is 6.27. The Hall–Kier alpha value is -0.480. The van der Waals surface area contributed by atoms with Crippen molar-refractivity contribution in [3.8, 4) is 0 Å². The summed E-state index contributed by atoms with van der Waals surface area (Å²) in [6.45, 7) is 0.445. The molecule has 3 nitrogen and oxygen atoms in total. The van der Waals surface area contributed by atoms with Gasteiger partial charge in [-0.05, 0) is 12.1 Å². The van der Waals surface area contributed by atoms with Gasteiger partial charge in [-0.25, -0.2) is 5.43 Å². The van der Waals surface area contributed by atoms with Gasteiger partial charge in [-0.15, -0.1) is 0 Å². The summed E-state index contributed by atoms with van der Waals surface area (Å²) < 4.78 is 0. The van der Waals surface area contributed by atoms with Gasteiger partial charge < -0.3 is 5.32 Å². The Bertz CT molecular complexity index is 265. The van der Waals surface area contributed by atoms with Gasteiger partial charge in [-0.1, -0.05) is 29.3 Å². The fourth-order valence-corrected chi connectivity index (χ4v) is 1.15. The van der Waals surface area contributed by atoms with E-state index in [1.807, 2.05) is 12.1 Å². The Kier molecular flexibility index (Phi) is 3.62. The zero-order chi connectivity index (χ0) is 8.97. The molecule has 1 aromatic rings. The van der Waals surface area contributed by atoms with Gasteiger partial charge in [0.1, 0.15) is 0 Å². The largest absolute Gasteiger partial charge is 0.370 e. The smallest absolute Gasteiger partial charge is 0.0823 e. The van der Waals surface area contributed by atoms with E-state index in [0.29, 0.717) is 16.7 Å². The predicted octanol–water partition coefficient (Wildman–Crippen LogP) is 1.83. The van der Waals surface area contributed by atoms with E-state index >= 15 is 0 Å². The van der Waals surface area contributed by atoms with E-state index < -0.39 is 0 Å². The van der Waals surface area contributed by atoms with E-state index in [1.165, 1.54) is 0 Å². The number of benzene rings is 1. The minimum atomic E-state index is 0.445. The molecular weight excluding hydrogens is 197 g/mol. The Balaban J connectivity index is 2.78.